The van der Waals surface area contributed by atoms with Gasteiger partial charge in [-0.3, -0.25) is 9.20 Å². The van der Waals surface area contributed by atoms with E-state index in [1.54, 1.807) is 43.8 Å². The zero-order valence-electron chi connectivity index (χ0n) is 11.4. The van der Waals surface area contributed by atoms with Crippen LogP contribution in [0.15, 0.2) is 41.6 Å². The fourth-order valence-corrected chi connectivity index (χ4v) is 2.02. The first-order chi connectivity index (χ1) is 10.1. The Morgan fingerprint density at radius 2 is 2.29 bits per heavy atom. The smallest absolute Gasteiger partial charge is 0.347 e. The summed E-state index contributed by atoms with van der Waals surface area (Å²) in [7, 11) is 1.66. The number of hydrogen-bond donors (Lipinski definition) is 1. The van der Waals surface area contributed by atoms with Gasteiger partial charge in [0.15, 0.2) is 5.65 Å². The van der Waals surface area contributed by atoms with Gasteiger partial charge < -0.3 is 9.88 Å². The van der Waals surface area contributed by atoms with Crippen molar-refractivity contribution in [2.24, 2.45) is 0 Å². The summed E-state index contributed by atoms with van der Waals surface area (Å²) < 4.78 is 2.57. The minimum atomic E-state index is -0.328. The summed E-state index contributed by atoms with van der Waals surface area (Å²) in [5.74, 6) is 0.477. The van der Waals surface area contributed by atoms with Gasteiger partial charge in [0.25, 0.3) is 0 Å². The van der Waals surface area contributed by atoms with Gasteiger partial charge >= 0.3 is 5.69 Å². The first-order valence-electron chi connectivity index (χ1n) is 6.41. The summed E-state index contributed by atoms with van der Waals surface area (Å²) in [5.41, 5.74) is 0.189. The van der Waals surface area contributed by atoms with E-state index in [2.05, 4.69) is 15.1 Å². The average Bonchev–Trinajstić information content (AvgIpc) is 3.08. The summed E-state index contributed by atoms with van der Waals surface area (Å²) in [6.07, 6.45) is 4.94. The van der Waals surface area contributed by atoms with E-state index in [0.717, 1.165) is 4.68 Å². The summed E-state index contributed by atoms with van der Waals surface area (Å²) >= 11 is 0. The van der Waals surface area contributed by atoms with Crippen molar-refractivity contribution >= 4 is 11.6 Å². The van der Waals surface area contributed by atoms with E-state index in [4.69, 9.17) is 0 Å². The molecule has 0 aromatic carbocycles. The second kappa shape index (κ2) is 5.23. The molecule has 0 unspecified atom stereocenters. The molecule has 0 atom stereocenters. The van der Waals surface area contributed by atoms with Crippen LogP contribution in [-0.2, 0) is 17.9 Å². The third-order valence-electron chi connectivity index (χ3n) is 3.14. The van der Waals surface area contributed by atoms with E-state index in [0.29, 0.717) is 18.0 Å². The summed E-state index contributed by atoms with van der Waals surface area (Å²) in [4.78, 5) is 32.7. The molecule has 1 N–H and O–H groups in total. The average molecular weight is 286 g/mol. The number of imidazole rings is 1. The highest BCUT2D eigenvalue weighted by Crippen LogP contribution is 1.99. The molecule has 8 heteroatoms. The minimum Gasteiger partial charge on any atom is -0.347 e. The number of nitrogens with one attached hydrogen (secondary N) is 1. The van der Waals surface area contributed by atoms with E-state index < -0.39 is 0 Å². The molecular weight excluding hydrogens is 272 g/mol. The Hall–Kier alpha value is -2.90. The van der Waals surface area contributed by atoms with Crippen LogP contribution < -0.4 is 5.69 Å². The van der Waals surface area contributed by atoms with E-state index in [1.165, 1.54) is 9.30 Å². The highest BCUT2D eigenvalue weighted by Gasteiger charge is 2.14. The third kappa shape index (κ3) is 2.55. The Labute approximate surface area is 119 Å². The summed E-state index contributed by atoms with van der Waals surface area (Å²) in [6, 6.07) is 5.25. The topological polar surface area (TPSA) is 88.3 Å². The molecule has 0 saturated heterocycles. The maximum absolute atomic E-state index is 12.1. The molecular formula is C13H14N6O2. The van der Waals surface area contributed by atoms with Crippen molar-refractivity contribution < 1.29 is 4.79 Å². The molecule has 3 rings (SSSR count). The van der Waals surface area contributed by atoms with Crippen LogP contribution in [0.5, 0.6) is 0 Å². The fraction of sp³-hybridized carbons (Fsp3) is 0.231. The zero-order chi connectivity index (χ0) is 14.8. The van der Waals surface area contributed by atoms with Gasteiger partial charge in [-0.1, -0.05) is 6.07 Å². The van der Waals surface area contributed by atoms with Crippen LogP contribution in [0.25, 0.3) is 5.65 Å². The van der Waals surface area contributed by atoms with Gasteiger partial charge in [0.05, 0.1) is 6.54 Å². The van der Waals surface area contributed by atoms with Gasteiger partial charge in [0.1, 0.15) is 12.4 Å². The van der Waals surface area contributed by atoms with Gasteiger partial charge in [-0.15, -0.1) is 5.10 Å². The van der Waals surface area contributed by atoms with Gasteiger partial charge in [0.2, 0.25) is 5.91 Å². The normalized spacial score (nSPS) is 10.9. The number of likely N-dealkylation sites (N-methyl/N-ethyl adjacent to an activating group) is 1. The van der Waals surface area contributed by atoms with Crippen molar-refractivity contribution in [1.82, 2.24) is 29.0 Å². The second-order valence-corrected chi connectivity index (χ2v) is 4.65. The monoisotopic (exact) mass is 286 g/mol. The number of carbonyl (C=O) groups is 1. The molecule has 0 spiro atoms. The third-order valence-corrected chi connectivity index (χ3v) is 3.14. The molecule has 3 aromatic rings. The zero-order valence-corrected chi connectivity index (χ0v) is 11.4. The standard InChI is InChI=1S/C13H14N6O2/c1-17(8-10-14-5-6-15-10)12(20)9-19-13(21)18-7-3-2-4-11(18)16-19/h2-7H,8-9H2,1H3,(H,14,15). The molecule has 108 valence electrons. The molecule has 0 bridgehead atoms. The van der Waals surface area contributed by atoms with Crippen LogP contribution >= 0.6 is 0 Å². The number of hydrogen-bond acceptors (Lipinski definition) is 4. The van der Waals surface area contributed by atoms with Gasteiger partial charge in [-0.05, 0) is 12.1 Å². The Morgan fingerprint density at radius 1 is 1.43 bits per heavy atom. The van der Waals surface area contributed by atoms with Gasteiger partial charge in [-0.2, -0.15) is 0 Å². The number of amides is 1. The van der Waals surface area contributed by atoms with Gasteiger partial charge in [0, 0.05) is 25.6 Å². The van der Waals surface area contributed by atoms with Crippen molar-refractivity contribution in [3.05, 3.63) is 53.1 Å². The molecule has 21 heavy (non-hydrogen) atoms. The predicted octanol–water partition coefficient (Wildman–Crippen LogP) is -0.122. The van der Waals surface area contributed by atoms with Crippen LogP contribution in [-0.4, -0.2) is 42.0 Å². The first-order valence-corrected chi connectivity index (χ1v) is 6.41. The quantitative estimate of drug-likeness (QED) is 0.724. The maximum Gasteiger partial charge on any atom is 0.350 e. The van der Waals surface area contributed by atoms with Crippen molar-refractivity contribution in [3.8, 4) is 0 Å². The first kappa shape index (κ1) is 13.1. The Kier molecular flexibility index (Phi) is 3.27. The number of fused-ring (bicyclic) bond motifs is 1. The molecule has 8 nitrogen and oxygen atoms in total. The van der Waals surface area contributed by atoms with Crippen LogP contribution in [0.1, 0.15) is 5.82 Å². The largest absolute Gasteiger partial charge is 0.350 e. The van der Waals surface area contributed by atoms with E-state index in [9.17, 15) is 9.59 Å². The van der Waals surface area contributed by atoms with Crippen LogP contribution in [0.4, 0.5) is 0 Å². The molecule has 0 saturated carbocycles. The number of carbonyl (C=O) groups excluding carboxylic acids is 1. The lowest BCUT2D eigenvalue weighted by atomic mass is 10.4. The van der Waals surface area contributed by atoms with Crippen LogP contribution in [0.2, 0.25) is 0 Å². The van der Waals surface area contributed by atoms with Gasteiger partial charge in [-0.25, -0.2) is 14.5 Å². The molecule has 0 aliphatic heterocycles. The van der Waals surface area contributed by atoms with Crippen molar-refractivity contribution in [1.29, 1.82) is 0 Å². The summed E-state index contributed by atoms with van der Waals surface area (Å²) in [5, 5.41) is 4.13. The SMILES string of the molecule is CN(Cc1ncc[nH]1)C(=O)Cn1nc2ccccn2c1=O. The fourth-order valence-electron chi connectivity index (χ4n) is 2.02. The lowest BCUT2D eigenvalue weighted by Gasteiger charge is -2.15. The van der Waals surface area contributed by atoms with E-state index in [-0.39, 0.29) is 18.1 Å². The molecule has 0 fully saturated rings. The lowest BCUT2D eigenvalue weighted by Crippen LogP contribution is -2.34. The number of rotatable bonds is 4. The number of aromatic nitrogens is 5. The molecule has 0 aliphatic carbocycles. The Morgan fingerprint density at radius 3 is 3.00 bits per heavy atom. The van der Waals surface area contributed by atoms with Crippen LogP contribution in [0.3, 0.4) is 0 Å². The summed E-state index contributed by atoms with van der Waals surface area (Å²) in [6.45, 7) is 0.256. The maximum atomic E-state index is 12.1. The molecule has 0 aliphatic rings. The molecule has 0 radical (unpaired) electrons. The number of nitrogens with zero attached hydrogens (tertiary/aromatic N) is 5. The number of pyridine rings is 1. The van der Waals surface area contributed by atoms with E-state index in [1.807, 2.05) is 0 Å². The highest BCUT2D eigenvalue weighted by atomic mass is 16.2. The lowest BCUT2D eigenvalue weighted by molar-refractivity contribution is -0.131. The number of aromatic amines is 1. The Bertz CT molecular complexity index is 817. The Balaban J connectivity index is 1.77. The van der Waals surface area contributed by atoms with Crippen molar-refractivity contribution in [2.45, 2.75) is 13.1 Å². The van der Waals surface area contributed by atoms with Crippen molar-refractivity contribution in [2.75, 3.05) is 7.05 Å². The molecule has 1 amide bonds. The molecule has 3 aromatic heterocycles. The minimum absolute atomic E-state index is 0.0995. The van der Waals surface area contributed by atoms with Crippen molar-refractivity contribution in [3.63, 3.8) is 0 Å². The van der Waals surface area contributed by atoms with E-state index >= 15 is 0 Å². The highest BCUT2D eigenvalue weighted by molar-refractivity contribution is 5.75. The van der Waals surface area contributed by atoms with Crippen LogP contribution in [0, 0.1) is 0 Å². The number of H-pyrrole nitrogens is 1. The predicted molar refractivity (Wildman–Crippen MR) is 74.5 cm³/mol. The molecule has 3 heterocycles. The second-order valence-electron chi connectivity index (χ2n) is 4.65.